The number of aryl methyl sites for hydroxylation is 2. The number of nitrogens with zero attached hydrogens (tertiary/aromatic N) is 3. The normalized spacial score (nSPS) is 18.8. The van der Waals surface area contributed by atoms with Gasteiger partial charge in [0.05, 0.1) is 11.0 Å². The Bertz CT molecular complexity index is 1320. The predicted octanol–water partition coefficient (Wildman–Crippen LogP) is 3.34. The summed E-state index contributed by atoms with van der Waals surface area (Å²) in [5.41, 5.74) is 3.72. The second kappa shape index (κ2) is 9.88. The first-order valence-electron chi connectivity index (χ1n) is 11.4. The molecule has 10 heteroatoms. The highest BCUT2D eigenvalue weighted by Gasteiger charge is 2.44. The maximum Gasteiger partial charge on any atom is 0.325 e. The van der Waals surface area contributed by atoms with Gasteiger partial charge < -0.3 is 14.4 Å². The summed E-state index contributed by atoms with van der Waals surface area (Å²) in [5, 5.41) is 14.1. The molecular formula is C25H29N3O6S. The number of rotatable bonds is 7. The lowest BCUT2D eigenvalue weighted by Crippen LogP contribution is -2.41. The van der Waals surface area contributed by atoms with Crippen LogP contribution in [0.5, 0.6) is 0 Å². The number of aliphatic hydroxyl groups excluding tert-OH is 1. The van der Waals surface area contributed by atoms with E-state index in [-0.39, 0.29) is 30.4 Å². The van der Waals surface area contributed by atoms with Gasteiger partial charge in [0.15, 0.2) is 6.61 Å². The van der Waals surface area contributed by atoms with Gasteiger partial charge >= 0.3 is 5.97 Å². The van der Waals surface area contributed by atoms with E-state index in [9.17, 15) is 18.3 Å². The number of ether oxygens (including phenoxy) is 1. The van der Waals surface area contributed by atoms with Gasteiger partial charge in [-0.25, -0.2) is 8.42 Å². The maximum atomic E-state index is 13.2. The number of aromatic nitrogens is 2. The van der Waals surface area contributed by atoms with Crippen LogP contribution >= 0.6 is 0 Å². The van der Waals surface area contributed by atoms with E-state index in [1.807, 2.05) is 38.1 Å². The van der Waals surface area contributed by atoms with Crippen molar-refractivity contribution >= 4 is 16.0 Å². The molecule has 35 heavy (non-hydrogen) atoms. The summed E-state index contributed by atoms with van der Waals surface area (Å²) in [4.78, 5) is 17.2. The summed E-state index contributed by atoms with van der Waals surface area (Å²) in [6.45, 7) is 7.41. The van der Waals surface area contributed by atoms with E-state index < -0.39 is 28.1 Å². The van der Waals surface area contributed by atoms with Gasteiger partial charge in [0.2, 0.25) is 15.8 Å². The van der Waals surface area contributed by atoms with Crippen LogP contribution in [0.4, 0.5) is 0 Å². The van der Waals surface area contributed by atoms with Gasteiger partial charge in [-0.05, 0) is 48.6 Å². The Morgan fingerprint density at radius 2 is 1.89 bits per heavy atom. The van der Waals surface area contributed by atoms with E-state index in [4.69, 9.17) is 9.26 Å². The number of aliphatic hydroxyl groups is 1. The maximum absolute atomic E-state index is 13.2. The second-order valence-corrected chi connectivity index (χ2v) is 11.0. The van der Waals surface area contributed by atoms with Crippen molar-refractivity contribution in [1.29, 1.82) is 0 Å². The van der Waals surface area contributed by atoms with Crippen molar-refractivity contribution in [3.8, 4) is 11.4 Å². The zero-order valence-electron chi connectivity index (χ0n) is 20.1. The lowest BCUT2D eigenvalue weighted by atomic mass is 10.0. The van der Waals surface area contributed by atoms with Crippen LogP contribution in [0.2, 0.25) is 0 Å². The molecule has 0 radical (unpaired) electrons. The molecule has 2 aromatic carbocycles. The molecule has 1 N–H and O–H groups in total. The minimum Gasteiger partial charge on any atom is -0.454 e. The summed E-state index contributed by atoms with van der Waals surface area (Å²) in [6.07, 6.45) is -1.03. The summed E-state index contributed by atoms with van der Waals surface area (Å²) >= 11 is 0. The molecule has 0 bridgehead atoms. The van der Waals surface area contributed by atoms with Crippen LogP contribution in [-0.2, 0) is 26.2 Å². The van der Waals surface area contributed by atoms with Crippen molar-refractivity contribution in [2.75, 3.05) is 6.54 Å². The molecule has 3 aromatic rings. The molecule has 0 spiro atoms. The van der Waals surface area contributed by atoms with Crippen LogP contribution in [-0.4, -0.2) is 52.6 Å². The van der Waals surface area contributed by atoms with Gasteiger partial charge in [0.25, 0.3) is 5.89 Å². The van der Waals surface area contributed by atoms with E-state index in [0.29, 0.717) is 11.7 Å². The van der Waals surface area contributed by atoms with Gasteiger partial charge in [-0.15, -0.1) is 0 Å². The number of sulfonamides is 1. The van der Waals surface area contributed by atoms with Gasteiger partial charge in [-0.2, -0.15) is 9.29 Å². The summed E-state index contributed by atoms with van der Waals surface area (Å²) < 4.78 is 38.0. The SMILES string of the molecule is Cc1ccc(S(=O)(=O)N2CC(O)C[C@H]2C(=O)OCc2nc(-c3ccc(C(C)C)cc3)no2)cc1C. The monoisotopic (exact) mass is 499 g/mol. The van der Waals surface area contributed by atoms with Crippen molar-refractivity contribution in [2.45, 2.75) is 63.7 Å². The lowest BCUT2D eigenvalue weighted by molar-refractivity contribution is -0.149. The molecule has 2 atom stereocenters. The van der Waals surface area contributed by atoms with E-state index >= 15 is 0 Å². The van der Waals surface area contributed by atoms with Gasteiger partial charge in [-0.3, -0.25) is 4.79 Å². The zero-order valence-corrected chi connectivity index (χ0v) is 20.9. The first-order chi connectivity index (χ1) is 16.6. The highest BCUT2D eigenvalue weighted by Crippen LogP contribution is 2.28. The number of carbonyl (C=O) groups excluding carboxylic acids is 1. The summed E-state index contributed by atoms with van der Waals surface area (Å²) in [5.74, 6) is 0.0665. The fourth-order valence-corrected chi connectivity index (χ4v) is 5.66. The molecule has 1 fully saturated rings. The standard InChI is InChI=1S/C25H29N3O6S/c1-15(2)18-6-8-19(9-7-18)24-26-23(34-27-24)14-33-25(30)22-12-20(29)13-28(22)35(31,32)21-10-5-16(3)17(4)11-21/h5-11,15,20,22,29H,12-14H2,1-4H3/t20?,22-/m0/s1. The minimum absolute atomic E-state index is 0.0554. The molecule has 186 valence electrons. The van der Waals surface area contributed by atoms with E-state index in [2.05, 4.69) is 24.0 Å². The number of β-amino-alcohol motifs (C(OH)–C–C–N with tert-alkyl or cyclic N) is 1. The highest BCUT2D eigenvalue weighted by atomic mass is 32.2. The molecule has 0 amide bonds. The zero-order chi connectivity index (χ0) is 25.3. The highest BCUT2D eigenvalue weighted by molar-refractivity contribution is 7.89. The first kappa shape index (κ1) is 25.0. The molecule has 1 saturated heterocycles. The molecule has 1 aliphatic heterocycles. The van der Waals surface area contributed by atoms with Crippen molar-refractivity contribution in [1.82, 2.24) is 14.4 Å². The van der Waals surface area contributed by atoms with Crippen molar-refractivity contribution in [2.24, 2.45) is 0 Å². The number of esters is 1. The lowest BCUT2D eigenvalue weighted by Gasteiger charge is -2.22. The van der Waals surface area contributed by atoms with Crippen molar-refractivity contribution in [3.63, 3.8) is 0 Å². The third-order valence-corrected chi connectivity index (χ3v) is 8.10. The molecule has 9 nitrogen and oxygen atoms in total. The largest absolute Gasteiger partial charge is 0.454 e. The Kier molecular flexibility index (Phi) is 7.07. The Labute approximate surface area is 204 Å². The Balaban J connectivity index is 1.45. The fraction of sp³-hybridized carbons (Fsp3) is 0.400. The molecule has 0 aliphatic carbocycles. The molecule has 0 saturated carbocycles. The molecule has 1 unspecified atom stereocenters. The molecule has 4 rings (SSSR count). The van der Waals surface area contributed by atoms with Crippen LogP contribution in [0.25, 0.3) is 11.4 Å². The van der Waals surface area contributed by atoms with Gasteiger partial charge in [0.1, 0.15) is 6.04 Å². The topological polar surface area (TPSA) is 123 Å². The quantitative estimate of drug-likeness (QED) is 0.491. The Hall–Kier alpha value is -3.08. The molecule has 1 aliphatic rings. The number of carbonyl (C=O) groups is 1. The Morgan fingerprint density at radius 1 is 1.17 bits per heavy atom. The predicted molar refractivity (Wildman–Crippen MR) is 128 cm³/mol. The summed E-state index contributed by atoms with van der Waals surface area (Å²) in [6, 6.07) is 11.4. The number of hydrogen-bond donors (Lipinski definition) is 1. The van der Waals surface area contributed by atoms with Crippen molar-refractivity contribution < 1.29 is 27.6 Å². The van der Waals surface area contributed by atoms with Gasteiger partial charge in [-0.1, -0.05) is 49.3 Å². The third kappa shape index (κ3) is 5.29. The second-order valence-electron chi connectivity index (χ2n) is 9.12. The van der Waals surface area contributed by atoms with Crippen LogP contribution in [0.15, 0.2) is 51.9 Å². The molecular weight excluding hydrogens is 470 g/mol. The van der Waals surface area contributed by atoms with E-state index in [1.165, 1.54) is 11.6 Å². The Morgan fingerprint density at radius 3 is 2.54 bits per heavy atom. The fourth-order valence-electron chi connectivity index (χ4n) is 3.95. The smallest absolute Gasteiger partial charge is 0.325 e. The average Bonchev–Trinajstić information content (AvgIpc) is 3.46. The van der Waals surface area contributed by atoms with Crippen LogP contribution in [0, 0.1) is 13.8 Å². The van der Waals surface area contributed by atoms with Crippen LogP contribution < -0.4 is 0 Å². The minimum atomic E-state index is -4.01. The van der Waals surface area contributed by atoms with Crippen molar-refractivity contribution in [3.05, 3.63) is 65.0 Å². The van der Waals surface area contributed by atoms with Crippen LogP contribution in [0.1, 0.15) is 48.8 Å². The molecule has 1 aromatic heterocycles. The molecule has 2 heterocycles. The third-order valence-electron chi connectivity index (χ3n) is 6.23. The summed E-state index contributed by atoms with van der Waals surface area (Å²) in [7, 11) is -4.01. The first-order valence-corrected chi connectivity index (χ1v) is 12.9. The van der Waals surface area contributed by atoms with Crippen LogP contribution in [0.3, 0.4) is 0 Å². The number of benzene rings is 2. The average molecular weight is 500 g/mol. The van der Waals surface area contributed by atoms with Gasteiger partial charge in [0, 0.05) is 18.5 Å². The number of hydrogen-bond acceptors (Lipinski definition) is 8. The van der Waals surface area contributed by atoms with E-state index in [1.54, 1.807) is 12.1 Å². The van der Waals surface area contributed by atoms with E-state index in [0.717, 1.165) is 21.0 Å².